The Morgan fingerprint density at radius 3 is 2.62 bits per heavy atom. The average Bonchev–Trinajstić information content (AvgIpc) is 2.50. The van der Waals surface area contributed by atoms with E-state index in [0.29, 0.717) is 17.9 Å². The molecular formula is C16H20N2O3. The number of nitrogens with zero attached hydrogens (tertiary/aromatic N) is 1. The van der Waals surface area contributed by atoms with Gasteiger partial charge >= 0.3 is 12.0 Å². The lowest BCUT2D eigenvalue weighted by Crippen LogP contribution is -2.46. The van der Waals surface area contributed by atoms with Crippen LogP contribution >= 0.6 is 0 Å². The molecule has 112 valence electrons. The minimum Gasteiger partial charge on any atom is -0.462 e. The van der Waals surface area contributed by atoms with Gasteiger partial charge in [-0.15, -0.1) is 0 Å². The molecule has 0 bridgehead atoms. The third kappa shape index (κ3) is 3.07. The quantitative estimate of drug-likeness (QED) is 0.866. The van der Waals surface area contributed by atoms with Crippen LogP contribution in [0.5, 0.6) is 0 Å². The van der Waals surface area contributed by atoms with Crippen LogP contribution in [0.2, 0.25) is 0 Å². The summed E-state index contributed by atoms with van der Waals surface area (Å²) >= 11 is 0. The third-order valence-electron chi connectivity index (χ3n) is 3.54. The molecule has 2 rings (SSSR count). The molecule has 0 saturated heterocycles. The number of hydrogen-bond acceptors (Lipinski definition) is 3. The molecule has 1 N–H and O–H groups in total. The summed E-state index contributed by atoms with van der Waals surface area (Å²) in [5, 5.41) is 2.85. The van der Waals surface area contributed by atoms with Crippen molar-refractivity contribution in [1.82, 2.24) is 10.2 Å². The van der Waals surface area contributed by atoms with Gasteiger partial charge in [-0.3, -0.25) is 0 Å². The van der Waals surface area contributed by atoms with Crippen LogP contribution in [0.1, 0.15) is 31.9 Å². The number of amides is 2. The van der Waals surface area contributed by atoms with E-state index < -0.39 is 6.04 Å². The maximum Gasteiger partial charge on any atom is 0.338 e. The highest BCUT2D eigenvalue weighted by atomic mass is 16.5. The fourth-order valence-corrected chi connectivity index (χ4v) is 2.27. The van der Waals surface area contributed by atoms with Crippen molar-refractivity contribution < 1.29 is 14.3 Å². The van der Waals surface area contributed by atoms with Crippen LogP contribution in [-0.4, -0.2) is 30.6 Å². The number of esters is 1. The Kier molecular flexibility index (Phi) is 4.62. The Morgan fingerprint density at radius 2 is 2.00 bits per heavy atom. The molecule has 0 spiro atoms. The zero-order valence-corrected chi connectivity index (χ0v) is 12.6. The van der Waals surface area contributed by atoms with Gasteiger partial charge in [-0.05, 0) is 18.9 Å². The topological polar surface area (TPSA) is 58.6 Å². The van der Waals surface area contributed by atoms with Crippen molar-refractivity contribution in [3.8, 4) is 0 Å². The molecule has 1 aliphatic rings. The van der Waals surface area contributed by atoms with Crippen molar-refractivity contribution in [2.75, 3.05) is 13.7 Å². The second-order valence-corrected chi connectivity index (χ2v) is 4.99. The molecule has 1 aromatic rings. The Bertz CT molecular complexity index is 566. The highest BCUT2D eigenvalue weighted by molar-refractivity contribution is 5.94. The minimum absolute atomic E-state index is 0.228. The zero-order chi connectivity index (χ0) is 15.4. The van der Waals surface area contributed by atoms with Crippen LogP contribution in [0, 0.1) is 0 Å². The van der Waals surface area contributed by atoms with Crippen molar-refractivity contribution in [1.29, 1.82) is 0 Å². The first-order chi connectivity index (χ1) is 10.1. The zero-order valence-electron chi connectivity index (χ0n) is 12.6. The number of allylic oxidation sites excluding steroid dienone is 1. The molecule has 1 heterocycles. The van der Waals surface area contributed by atoms with E-state index in [1.807, 2.05) is 37.3 Å². The van der Waals surface area contributed by atoms with E-state index >= 15 is 0 Å². The van der Waals surface area contributed by atoms with E-state index in [0.717, 1.165) is 12.0 Å². The normalized spacial score (nSPS) is 18.5. The molecule has 21 heavy (non-hydrogen) atoms. The van der Waals surface area contributed by atoms with Crippen molar-refractivity contribution >= 4 is 12.0 Å². The maximum absolute atomic E-state index is 12.3. The molecule has 1 unspecified atom stereocenters. The second-order valence-electron chi connectivity index (χ2n) is 4.99. The van der Waals surface area contributed by atoms with Crippen LogP contribution in [0.3, 0.4) is 0 Å². The van der Waals surface area contributed by atoms with E-state index in [2.05, 4.69) is 5.32 Å². The van der Waals surface area contributed by atoms with Gasteiger partial charge in [0.25, 0.3) is 0 Å². The van der Waals surface area contributed by atoms with Gasteiger partial charge in [0.1, 0.15) is 0 Å². The summed E-state index contributed by atoms with van der Waals surface area (Å²) in [6, 6.07) is 8.72. The molecule has 1 aliphatic heterocycles. The minimum atomic E-state index is -0.473. The number of nitrogens with one attached hydrogen (secondary N) is 1. The van der Waals surface area contributed by atoms with Gasteiger partial charge < -0.3 is 15.0 Å². The molecular weight excluding hydrogens is 268 g/mol. The standard InChI is InChI=1S/C16H20N2O3/c1-4-10-21-15(19)13-11(2)18(3)16(20)17-14(13)12-8-6-5-7-9-12/h5-9,14H,4,10H2,1-3H3,(H,17,20). The van der Waals surface area contributed by atoms with Crippen LogP contribution in [0.15, 0.2) is 41.6 Å². The van der Waals surface area contributed by atoms with Crippen molar-refractivity contribution in [2.45, 2.75) is 26.3 Å². The van der Waals surface area contributed by atoms with E-state index in [-0.39, 0.29) is 12.0 Å². The first-order valence-corrected chi connectivity index (χ1v) is 7.03. The number of carbonyl (C=O) groups excluding carboxylic acids is 2. The van der Waals surface area contributed by atoms with Crippen molar-refractivity contribution in [2.24, 2.45) is 0 Å². The summed E-state index contributed by atoms with van der Waals surface area (Å²) < 4.78 is 5.26. The largest absolute Gasteiger partial charge is 0.462 e. The summed E-state index contributed by atoms with van der Waals surface area (Å²) in [7, 11) is 1.64. The van der Waals surface area contributed by atoms with Gasteiger partial charge in [0.2, 0.25) is 0 Å². The molecule has 1 atom stereocenters. The van der Waals surface area contributed by atoms with E-state index in [1.54, 1.807) is 14.0 Å². The lowest BCUT2D eigenvalue weighted by molar-refractivity contribution is -0.139. The first-order valence-electron chi connectivity index (χ1n) is 7.03. The van der Waals surface area contributed by atoms with Gasteiger partial charge in [0.15, 0.2) is 0 Å². The lowest BCUT2D eigenvalue weighted by Gasteiger charge is -2.33. The molecule has 2 amide bonds. The number of ether oxygens (including phenoxy) is 1. The molecule has 5 heteroatoms. The second kappa shape index (κ2) is 6.43. The summed E-state index contributed by atoms with van der Waals surface area (Å²) in [5.74, 6) is -0.380. The third-order valence-corrected chi connectivity index (χ3v) is 3.54. The highest BCUT2D eigenvalue weighted by Gasteiger charge is 2.34. The molecule has 0 fully saturated rings. The van der Waals surface area contributed by atoms with E-state index in [1.165, 1.54) is 4.90 Å². The monoisotopic (exact) mass is 288 g/mol. The predicted octanol–water partition coefficient (Wildman–Crippen LogP) is 2.61. The Balaban J connectivity index is 2.41. The molecule has 1 aromatic carbocycles. The summed E-state index contributed by atoms with van der Waals surface area (Å²) in [5.41, 5.74) is 1.97. The van der Waals surface area contributed by atoms with Gasteiger partial charge in [-0.1, -0.05) is 37.3 Å². The molecule has 5 nitrogen and oxygen atoms in total. The Hall–Kier alpha value is -2.30. The van der Waals surface area contributed by atoms with Crippen molar-refractivity contribution in [3.63, 3.8) is 0 Å². The van der Waals surface area contributed by atoms with Crippen LogP contribution in [0.4, 0.5) is 4.79 Å². The average molecular weight is 288 g/mol. The van der Waals surface area contributed by atoms with Gasteiger partial charge in [-0.2, -0.15) is 0 Å². The number of benzene rings is 1. The fraction of sp³-hybridized carbons (Fsp3) is 0.375. The SMILES string of the molecule is CCCOC(=O)C1=C(C)N(C)C(=O)NC1c1ccccc1. The van der Waals surface area contributed by atoms with E-state index in [9.17, 15) is 9.59 Å². The van der Waals surface area contributed by atoms with E-state index in [4.69, 9.17) is 4.74 Å². The number of hydrogen-bond donors (Lipinski definition) is 1. The predicted molar refractivity (Wildman–Crippen MR) is 79.4 cm³/mol. The summed E-state index contributed by atoms with van der Waals surface area (Å²) in [6.45, 7) is 4.07. The molecule has 0 aromatic heterocycles. The number of urea groups is 1. The lowest BCUT2D eigenvalue weighted by atomic mass is 9.95. The highest BCUT2D eigenvalue weighted by Crippen LogP contribution is 2.30. The van der Waals surface area contributed by atoms with Gasteiger partial charge in [0.05, 0.1) is 18.2 Å². The number of carbonyl (C=O) groups is 2. The number of rotatable bonds is 4. The molecule has 0 radical (unpaired) electrons. The Labute approximate surface area is 124 Å². The summed E-state index contributed by atoms with van der Waals surface area (Å²) in [6.07, 6.45) is 0.760. The smallest absolute Gasteiger partial charge is 0.338 e. The fourth-order valence-electron chi connectivity index (χ4n) is 2.27. The summed E-state index contributed by atoms with van der Waals surface area (Å²) in [4.78, 5) is 25.8. The van der Waals surface area contributed by atoms with Gasteiger partial charge in [0, 0.05) is 12.7 Å². The van der Waals surface area contributed by atoms with Crippen LogP contribution in [-0.2, 0) is 9.53 Å². The maximum atomic E-state index is 12.3. The van der Waals surface area contributed by atoms with Gasteiger partial charge in [-0.25, -0.2) is 9.59 Å². The van der Waals surface area contributed by atoms with Crippen LogP contribution < -0.4 is 5.32 Å². The molecule has 0 aliphatic carbocycles. The Morgan fingerprint density at radius 1 is 1.33 bits per heavy atom. The first kappa shape index (κ1) is 15.1. The molecule has 0 saturated carbocycles. The van der Waals surface area contributed by atoms with Crippen molar-refractivity contribution in [3.05, 3.63) is 47.2 Å². The van der Waals surface area contributed by atoms with Crippen LogP contribution in [0.25, 0.3) is 0 Å².